The summed E-state index contributed by atoms with van der Waals surface area (Å²) in [5, 5.41) is 24.5. The van der Waals surface area contributed by atoms with Crippen molar-refractivity contribution in [3.8, 4) is 0 Å². The van der Waals surface area contributed by atoms with E-state index in [0.717, 1.165) is 20.1 Å². The van der Waals surface area contributed by atoms with Crippen molar-refractivity contribution in [3.05, 3.63) is 139 Å². The van der Waals surface area contributed by atoms with E-state index in [1.54, 1.807) is 0 Å². The van der Waals surface area contributed by atoms with Gasteiger partial charge in [-0.3, -0.25) is 0 Å². The maximum atomic E-state index is 12.3. The molecule has 2 nitrogen and oxygen atoms in total. The Morgan fingerprint density at radius 3 is 1.10 bits per heavy atom. The van der Waals surface area contributed by atoms with Crippen LogP contribution in [0.15, 0.2) is 106 Å². The summed E-state index contributed by atoms with van der Waals surface area (Å²) in [5.74, 6) is 0. The molecule has 0 aromatic heterocycles. The maximum Gasteiger partial charge on any atom is 0.141 e. The normalized spacial score (nSPS) is 22.3. The first-order valence-corrected chi connectivity index (χ1v) is 11.2. The molecule has 1 aliphatic rings. The molecule has 30 heavy (non-hydrogen) atoms. The molecule has 4 heteroatoms. The van der Waals surface area contributed by atoms with Gasteiger partial charge in [-0.1, -0.05) is 105 Å². The zero-order chi connectivity index (χ0) is 20.9. The van der Waals surface area contributed by atoms with Crippen LogP contribution in [0.3, 0.4) is 0 Å². The van der Waals surface area contributed by atoms with Crippen LogP contribution in [0, 0.1) is 0 Å². The molecule has 0 amide bonds. The Hall–Kier alpha value is -2.24. The van der Waals surface area contributed by atoms with E-state index >= 15 is 0 Å². The zero-order valence-electron chi connectivity index (χ0n) is 15.9. The van der Waals surface area contributed by atoms with Crippen molar-refractivity contribution in [1.82, 2.24) is 0 Å². The summed E-state index contributed by atoms with van der Waals surface area (Å²) in [6.45, 7) is 0. The number of rotatable bonds is 2. The third kappa shape index (κ3) is 2.75. The summed E-state index contributed by atoms with van der Waals surface area (Å²) < 4.78 is 1.77. The van der Waals surface area contributed by atoms with Crippen LogP contribution in [-0.4, -0.2) is 10.2 Å². The second-order valence-corrected chi connectivity index (χ2v) is 9.36. The van der Waals surface area contributed by atoms with Gasteiger partial charge in [-0.05, 0) is 57.6 Å². The standard InChI is InChI=1S/C26H18Br2O2/c27-19-9-5-7-17(15-19)25(29)21-11-1-2-12-22(21)26(30,18-8-6-10-20(28)16-18)24-14-4-3-13-23(24)25/h1-16,29-30H. The van der Waals surface area contributed by atoms with E-state index in [-0.39, 0.29) is 0 Å². The van der Waals surface area contributed by atoms with Gasteiger partial charge in [0.05, 0.1) is 0 Å². The van der Waals surface area contributed by atoms with Gasteiger partial charge in [0, 0.05) is 8.95 Å². The lowest BCUT2D eigenvalue weighted by Crippen LogP contribution is -2.44. The first-order chi connectivity index (χ1) is 14.5. The summed E-state index contributed by atoms with van der Waals surface area (Å²) in [7, 11) is 0. The molecule has 0 spiro atoms. The molecule has 0 heterocycles. The smallest absolute Gasteiger partial charge is 0.141 e. The lowest BCUT2D eigenvalue weighted by Gasteiger charge is -2.45. The fourth-order valence-corrected chi connectivity index (χ4v) is 5.37. The maximum absolute atomic E-state index is 12.3. The van der Waals surface area contributed by atoms with Gasteiger partial charge in [0.15, 0.2) is 0 Å². The van der Waals surface area contributed by atoms with Crippen LogP contribution in [0.25, 0.3) is 0 Å². The summed E-state index contributed by atoms with van der Waals surface area (Å²) in [6, 6.07) is 30.6. The molecule has 0 atom stereocenters. The molecule has 0 bridgehead atoms. The van der Waals surface area contributed by atoms with Crippen molar-refractivity contribution in [2.75, 3.05) is 0 Å². The van der Waals surface area contributed by atoms with Gasteiger partial charge in [0.25, 0.3) is 0 Å². The Kier molecular flexibility index (Phi) is 4.71. The van der Waals surface area contributed by atoms with E-state index in [1.807, 2.05) is 97.1 Å². The Morgan fingerprint density at radius 1 is 0.467 bits per heavy atom. The Morgan fingerprint density at radius 2 is 0.800 bits per heavy atom. The minimum Gasteiger partial charge on any atom is -0.376 e. The highest BCUT2D eigenvalue weighted by Crippen LogP contribution is 2.53. The Bertz CT molecular complexity index is 1120. The van der Waals surface area contributed by atoms with Gasteiger partial charge in [-0.2, -0.15) is 0 Å². The van der Waals surface area contributed by atoms with Crippen LogP contribution in [0.1, 0.15) is 33.4 Å². The SMILES string of the molecule is OC1(c2cccc(Br)c2)c2ccccc2C(O)(c2cccc(Br)c2)c2ccccc21. The number of hydrogen-bond donors (Lipinski definition) is 2. The third-order valence-electron chi connectivity index (χ3n) is 5.90. The van der Waals surface area contributed by atoms with E-state index in [2.05, 4.69) is 31.9 Å². The van der Waals surface area contributed by atoms with Crippen LogP contribution < -0.4 is 0 Å². The molecule has 0 saturated heterocycles. The summed E-state index contributed by atoms with van der Waals surface area (Å²) in [6.07, 6.45) is 0. The highest BCUT2D eigenvalue weighted by atomic mass is 79.9. The third-order valence-corrected chi connectivity index (χ3v) is 6.88. The lowest BCUT2D eigenvalue weighted by molar-refractivity contribution is 0.0747. The highest BCUT2D eigenvalue weighted by Gasteiger charge is 2.50. The van der Waals surface area contributed by atoms with Gasteiger partial charge in [0.1, 0.15) is 11.2 Å². The second-order valence-electron chi connectivity index (χ2n) is 7.53. The van der Waals surface area contributed by atoms with Gasteiger partial charge in [-0.25, -0.2) is 0 Å². The van der Waals surface area contributed by atoms with Crippen molar-refractivity contribution >= 4 is 31.9 Å². The first kappa shape index (κ1) is 19.7. The van der Waals surface area contributed by atoms with Gasteiger partial charge in [0.2, 0.25) is 0 Å². The predicted octanol–water partition coefficient (Wildman–Crippen LogP) is 6.09. The fraction of sp³-hybridized carbons (Fsp3) is 0.0769. The molecule has 0 fully saturated rings. The summed E-state index contributed by atoms with van der Waals surface area (Å²) in [5.41, 5.74) is 1.38. The van der Waals surface area contributed by atoms with Gasteiger partial charge >= 0.3 is 0 Å². The van der Waals surface area contributed by atoms with Crippen LogP contribution in [-0.2, 0) is 11.2 Å². The van der Waals surface area contributed by atoms with Crippen molar-refractivity contribution in [2.45, 2.75) is 11.2 Å². The van der Waals surface area contributed by atoms with E-state index in [4.69, 9.17) is 0 Å². The van der Waals surface area contributed by atoms with Crippen LogP contribution >= 0.6 is 31.9 Å². The van der Waals surface area contributed by atoms with Gasteiger partial charge in [-0.15, -0.1) is 0 Å². The average Bonchev–Trinajstić information content (AvgIpc) is 2.77. The van der Waals surface area contributed by atoms with Crippen LogP contribution in [0.2, 0.25) is 0 Å². The molecule has 5 rings (SSSR count). The Labute approximate surface area is 192 Å². The number of halogens is 2. The molecular weight excluding hydrogens is 504 g/mol. The van der Waals surface area contributed by atoms with Gasteiger partial charge < -0.3 is 10.2 Å². The molecule has 4 aromatic rings. The minimum atomic E-state index is -1.39. The zero-order valence-corrected chi connectivity index (χ0v) is 19.1. The molecule has 0 radical (unpaired) electrons. The number of fused-ring (bicyclic) bond motifs is 2. The first-order valence-electron chi connectivity index (χ1n) is 9.62. The molecule has 0 saturated carbocycles. The monoisotopic (exact) mass is 520 g/mol. The lowest BCUT2D eigenvalue weighted by atomic mass is 9.63. The topological polar surface area (TPSA) is 40.5 Å². The number of hydrogen-bond acceptors (Lipinski definition) is 2. The summed E-state index contributed by atoms with van der Waals surface area (Å²) >= 11 is 7.07. The molecule has 4 aromatic carbocycles. The van der Waals surface area contributed by atoms with E-state index < -0.39 is 11.2 Å². The average molecular weight is 522 g/mol. The minimum absolute atomic E-state index is 0.671. The van der Waals surface area contributed by atoms with Crippen molar-refractivity contribution < 1.29 is 10.2 Å². The molecule has 2 N–H and O–H groups in total. The van der Waals surface area contributed by atoms with E-state index in [1.165, 1.54) is 0 Å². The highest BCUT2D eigenvalue weighted by molar-refractivity contribution is 9.10. The van der Waals surface area contributed by atoms with Crippen LogP contribution in [0.5, 0.6) is 0 Å². The Balaban J connectivity index is 1.90. The largest absolute Gasteiger partial charge is 0.376 e. The fourth-order valence-electron chi connectivity index (χ4n) is 4.57. The number of benzene rings is 4. The van der Waals surface area contributed by atoms with Crippen LogP contribution in [0.4, 0.5) is 0 Å². The van der Waals surface area contributed by atoms with Crippen molar-refractivity contribution in [1.29, 1.82) is 0 Å². The molecule has 1 aliphatic carbocycles. The van der Waals surface area contributed by atoms with Crippen molar-refractivity contribution in [3.63, 3.8) is 0 Å². The van der Waals surface area contributed by atoms with E-state index in [9.17, 15) is 10.2 Å². The van der Waals surface area contributed by atoms with Crippen molar-refractivity contribution in [2.24, 2.45) is 0 Å². The second kappa shape index (κ2) is 7.17. The predicted molar refractivity (Wildman–Crippen MR) is 125 cm³/mol. The summed E-state index contributed by atoms with van der Waals surface area (Å²) in [4.78, 5) is 0. The molecule has 0 aliphatic heterocycles. The molecular formula is C26H18Br2O2. The number of aliphatic hydroxyl groups is 2. The quantitative estimate of drug-likeness (QED) is 0.335. The molecule has 0 unspecified atom stereocenters. The van der Waals surface area contributed by atoms with E-state index in [0.29, 0.717) is 22.3 Å². The molecule has 148 valence electrons.